The van der Waals surface area contributed by atoms with Crippen LogP contribution in [0.15, 0.2) is 65.8 Å². The molecule has 0 spiro atoms. The summed E-state index contributed by atoms with van der Waals surface area (Å²) in [5, 5.41) is 17.1. The second-order valence-electron chi connectivity index (χ2n) is 6.15. The number of nitrogens with zero attached hydrogens (tertiary/aromatic N) is 3. The Balaban J connectivity index is 1.68. The van der Waals surface area contributed by atoms with Crippen LogP contribution in [0, 0.1) is 10.1 Å². The zero-order valence-electron chi connectivity index (χ0n) is 16.7. The summed E-state index contributed by atoms with van der Waals surface area (Å²) in [5.41, 5.74) is 0.462. The Morgan fingerprint density at radius 2 is 1.81 bits per heavy atom. The van der Waals surface area contributed by atoms with E-state index in [9.17, 15) is 18.5 Å². The van der Waals surface area contributed by atoms with Crippen LogP contribution in [0.1, 0.15) is 6.92 Å². The molecule has 0 unspecified atom stereocenters. The lowest BCUT2D eigenvalue weighted by Gasteiger charge is -2.12. The standard InChI is InChI=1S/C19H18N6O5S2/c1-2-30-14-6-9-16(17(12-14)25(26)27)23-19(31)22-13-4-7-15(8-5-13)32(28,29)24-18-20-10-3-11-21-18/h3-12H,2H2,1H3,(H,20,21,24)(H2,22,23,31). The quantitative estimate of drug-likeness (QED) is 0.252. The molecule has 32 heavy (non-hydrogen) atoms. The monoisotopic (exact) mass is 474 g/mol. The van der Waals surface area contributed by atoms with E-state index >= 15 is 0 Å². The molecule has 0 fully saturated rings. The molecule has 2 aromatic carbocycles. The first-order valence-electron chi connectivity index (χ1n) is 9.17. The van der Waals surface area contributed by atoms with E-state index in [0.29, 0.717) is 18.0 Å². The van der Waals surface area contributed by atoms with Gasteiger partial charge in [-0.05, 0) is 61.6 Å². The van der Waals surface area contributed by atoms with Crippen molar-refractivity contribution in [3.63, 3.8) is 0 Å². The second kappa shape index (κ2) is 9.98. The van der Waals surface area contributed by atoms with Crippen molar-refractivity contribution in [2.45, 2.75) is 11.8 Å². The Morgan fingerprint density at radius 3 is 2.44 bits per heavy atom. The van der Waals surface area contributed by atoms with Crippen LogP contribution < -0.4 is 20.1 Å². The van der Waals surface area contributed by atoms with Gasteiger partial charge in [-0.2, -0.15) is 0 Å². The zero-order valence-corrected chi connectivity index (χ0v) is 18.3. The maximum Gasteiger partial charge on any atom is 0.296 e. The van der Waals surface area contributed by atoms with Gasteiger partial charge in [0.15, 0.2) is 5.11 Å². The maximum atomic E-state index is 12.4. The number of hydrogen-bond acceptors (Lipinski definition) is 8. The van der Waals surface area contributed by atoms with Crippen LogP contribution in [0.4, 0.5) is 23.0 Å². The van der Waals surface area contributed by atoms with Gasteiger partial charge in [0.1, 0.15) is 11.4 Å². The van der Waals surface area contributed by atoms with Gasteiger partial charge < -0.3 is 15.4 Å². The number of thiocarbonyl (C=S) groups is 1. The number of anilines is 3. The van der Waals surface area contributed by atoms with E-state index in [1.54, 1.807) is 19.1 Å². The van der Waals surface area contributed by atoms with Crippen molar-refractivity contribution in [2.24, 2.45) is 0 Å². The van der Waals surface area contributed by atoms with Gasteiger partial charge >= 0.3 is 0 Å². The van der Waals surface area contributed by atoms with Crippen LogP contribution in [-0.4, -0.2) is 35.0 Å². The summed E-state index contributed by atoms with van der Waals surface area (Å²) >= 11 is 5.22. The molecule has 0 saturated carbocycles. The lowest BCUT2D eigenvalue weighted by Crippen LogP contribution is -2.20. The fourth-order valence-electron chi connectivity index (χ4n) is 2.56. The van der Waals surface area contributed by atoms with Crippen molar-refractivity contribution in [3.05, 3.63) is 71.0 Å². The first-order valence-corrected chi connectivity index (χ1v) is 11.1. The molecular weight excluding hydrogens is 456 g/mol. The summed E-state index contributed by atoms with van der Waals surface area (Å²) in [7, 11) is -3.87. The molecule has 3 aromatic rings. The van der Waals surface area contributed by atoms with Crippen molar-refractivity contribution >= 4 is 50.4 Å². The summed E-state index contributed by atoms with van der Waals surface area (Å²) in [6, 6.07) is 11.7. The summed E-state index contributed by atoms with van der Waals surface area (Å²) in [6.45, 7) is 2.16. The van der Waals surface area contributed by atoms with Crippen LogP contribution in [0.25, 0.3) is 0 Å². The van der Waals surface area contributed by atoms with Gasteiger partial charge in [-0.3, -0.25) is 10.1 Å². The summed E-state index contributed by atoms with van der Waals surface area (Å²) in [6.07, 6.45) is 2.83. The Labute approximate surface area is 189 Å². The second-order valence-corrected chi connectivity index (χ2v) is 8.24. The minimum Gasteiger partial charge on any atom is -0.494 e. The predicted molar refractivity (Wildman–Crippen MR) is 123 cm³/mol. The molecular formula is C19H18N6O5S2. The molecule has 0 radical (unpaired) electrons. The topological polar surface area (TPSA) is 148 Å². The van der Waals surface area contributed by atoms with E-state index in [4.69, 9.17) is 17.0 Å². The van der Waals surface area contributed by atoms with E-state index in [1.807, 2.05) is 0 Å². The molecule has 3 rings (SSSR count). The highest BCUT2D eigenvalue weighted by molar-refractivity contribution is 7.92. The van der Waals surface area contributed by atoms with Crippen molar-refractivity contribution in [2.75, 3.05) is 22.0 Å². The minimum atomic E-state index is -3.87. The van der Waals surface area contributed by atoms with Crippen LogP contribution in [0.2, 0.25) is 0 Å². The number of ether oxygens (including phenoxy) is 1. The third-order valence-corrected chi connectivity index (χ3v) is 5.49. The number of hydrogen-bond donors (Lipinski definition) is 3. The lowest BCUT2D eigenvalue weighted by molar-refractivity contribution is -0.384. The van der Waals surface area contributed by atoms with Gasteiger partial charge in [-0.25, -0.2) is 23.1 Å². The van der Waals surface area contributed by atoms with Crippen LogP contribution in [0.5, 0.6) is 5.75 Å². The molecule has 3 N–H and O–H groups in total. The Bertz CT molecular complexity index is 1220. The van der Waals surface area contributed by atoms with Crippen molar-refractivity contribution in [1.82, 2.24) is 9.97 Å². The maximum absolute atomic E-state index is 12.4. The van der Waals surface area contributed by atoms with Crippen LogP contribution >= 0.6 is 12.2 Å². The molecule has 0 atom stereocenters. The highest BCUT2D eigenvalue weighted by atomic mass is 32.2. The van der Waals surface area contributed by atoms with Crippen molar-refractivity contribution in [1.29, 1.82) is 0 Å². The zero-order chi connectivity index (χ0) is 23.1. The molecule has 13 heteroatoms. The fourth-order valence-corrected chi connectivity index (χ4v) is 3.74. The number of benzene rings is 2. The minimum absolute atomic E-state index is 0.00321. The first kappa shape index (κ1) is 22.8. The number of aromatic nitrogens is 2. The average Bonchev–Trinajstić information content (AvgIpc) is 2.75. The molecule has 0 bridgehead atoms. The normalized spacial score (nSPS) is 10.8. The average molecular weight is 475 g/mol. The molecule has 0 saturated heterocycles. The Kier molecular flexibility index (Phi) is 7.12. The molecule has 11 nitrogen and oxygen atoms in total. The van der Waals surface area contributed by atoms with E-state index in [0.717, 1.165) is 0 Å². The van der Waals surface area contributed by atoms with Gasteiger partial charge in [0.05, 0.1) is 22.5 Å². The highest BCUT2D eigenvalue weighted by Gasteiger charge is 2.17. The van der Waals surface area contributed by atoms with E-state index in [-0.39, 0.29) is 27.3 Å². The van der Waals surface area contributed by atoms with E-state index in [2.05, 4.69) is 25.3 Å². The van der Waals surface area contributed by atoms with E-state index < -0.39 is 14.9 Å². The number of nitrogens with one attached hydrogen (secondary N) is 3. The molecule has 1 aromatic heterocycles. The Morgan fingerprint density at radius 1 is 1.12 bits per heavy atom. The van der Waals surface area contributed by atoms with Crippen molar-refractivity contribution < 1.29 is 18.1 Å². The number of nitro groups is 1. The molecule has 166 valence electrons. The van der Waals surface area contributed by atoms with Gasteiger partial charge in [0, 0.05) is 18.1 Å². The number of nitro benzene ring substituents is 1. The predicted octanol–water partition coefficient (Wildman–Crippen LogP) is 3.39. The van der Waals surface area contributed by atoms with Crippen LogP contribution in [0.3, 0.4) is 0 Å². The Hall–Kier alpha value is -3.84. The lowest BCUT2D eigenvalue weighted by atomic mass is 10.2. The fraction of sp³-hybridized carbons (Fsp3) is 0.105. The molecule has 1 heterocycles. The molecule has 0 amide bonds. The molecule has 0 aliphatic carbocycles. The van der Waals surface area contributed by atoms with Crippen LogP contribution in [-0.2, 0) is 10.0 Å². The van der Waals surface area contributed by atoms with Gasteiger partial charge in [0.25, 0.3) is 15.7 Å². The number of rotatable bonds is 8. The highest BCUT2D eigenvalue weighted by Crippen LogP contribution is 2.29. The third-order valence-electron chi connectivity index (χ3n) is 3.94. The van der Waals surface area contributed by atoms with Gasteiger partial charge in [-0.1, -0.05) is 0 Å². The third kappa shape index (κ3) is 5.86. The molecule has 0 aliphatic heterocycles. The molecule has 0 aliphatic rings. The summed E-state index contributed by atoms with van der Waals surface area (Å²) in [4.78, 5) is 18.5. The SMILES string of the molecule is CCOc1ccc(NC(=S)Nc2ccc(S(=O)(=O)Nc3ncccn3)cc2)c([N+](=O)[O-])c1. The van der Waals surface area contributed by atoms with Gasteiger partial charge in [-0.15, -0.1) is 0 Å². The van der Waals surface area contributed by atoms with E-state index in [1.165, 1.54) is 48.8 Å². The first-order chi connectivity index (χ1) is 15.3. The van der Waals surface area contributed by atoms with Gasteiger partial charge in [0.2, 0.25) is 5.95 Å². The number of sulfonamides is 1. The van der Waals surface area contributed by atoms with Crippen molar-refractivity contribution in [3.8, 4) is 5.75 Å². The summed E-state index contributed by atoms with van der Waals surface area (Å²) < 4.78 is 32.4. The smallest absolute Gasteiger partial charge is 0.296 e. The largest absolute Gasteiger partial charge is 0.494 e. The summed E-state index contributed by atoms with van der Waals surface area (Å²) in [5.74, 6) is 0.326.